The molecule has 0 aromatic heterocycles. The molecule has 0 heterocycles. The average Bonchev–Trinajstić information content (AvgIpc) is 0. The average molecular weight is 989 g/mol. The molecule has 0 atom stereocenters. The van der Waals surface area contributed by atoms with Crippen LogP contribution < -0.4 is 0 Å². The summed E-state index contributed by atoms with van der Waals surface area (Å²) in [7, 11) is 0. The fraction of sp³-hybridized carbons (Fsp3) is 1.00. The Labute approximate surface area is 232 Å². The molecular formula is CH4BCr2GeHfMgSiTaTiVWZr. The zero-order chi connectivity index (χ0) is 0. The molecule has 0 amide bonds. The van der Waals surface area contributed by atoms with Crippen molar-refractivity contribution in [3.8, 4) is 0 Å². The fourth-order valence-corrected chi connectivity index (χ4v) is 0. The normalized spacial score (nSPS) is 0. The summed E-state index contributed by atoms with van der Waals surface area (Å²) >= 11 is 0. The van der Waals surface area contributed by atoms with Gasteiger partial charge in [-0.3, -0.25) is 0 Å². The van der Waals surface area contributed by atoms with E-state index in [1.54, 1.807) is 0 Å². The third-order valence-electron chi connectivity index (χ3n) is 0. The molecule has 0 nitrogen and oxygen atoms in total. The van der Waals surface area contributed by atoms with E-state index in [4.69, 9.17) is 0 Å². The van der Waals surface area contributed by atoms with Gasteiger partial charge < -0.3 is 0 Å². The summed E-state index contributed by atoms with van der Waals surface area (Å²) in [5.41, 5.74) is 0. The van der Waals surface area contributed by atoms with Crippen LogP contribution in [0.5, 0.6) is 0 Å². The van der Waals surface area contributed by atoms with Crippen LogP contribution in [-0.4, -0.2) is 60.0 Å². The Morgan fingerprint density at radius 3 is 0.923 bits per heavy atom. The minimum atomic E-state index is 0. The molecular weight excluding hydrogens is 985 g/mol. The number of rotatable bonds is 0. The van der Waals surface area contributed by atoms with Crippen molar-refractivity contribution >= 4 is 60.0 Å². The van der Waals surface area contributed by atoms with E-state index in [9.17, 15) is 0 Å². The van der Waals surface area contributed by atoms with Gasteiger partial charge in [-0.05, 0) is 0 Å². The monoisotopic (exact) mass is 990 g/mol. The summed E-state index contributed by atoms with van der Waals surface area (Å²) in [5, 5.41) is 0. The largest absolute Gasteiger partial charge is 0.0776 e. The van der Waals surface area contributed by atoms with Crippen LogP contribution in [0.2, 0.25) is 0 Å². The Balaban J connectivity index is 0. The number of hydrogen-bond donors (Lipinski definition) is 0. The van der Waals surface area contributed by atoms with Gasteiger partial charge in [0.15, 0.2) is 0 Å². The molecule has 0 aliphatic heterocycles. The molecule has 13 heavy (non-hydrogen) atoms. The molecule has 0 rings (SSSR count). The van der Waals surface area contributed by atoms with Crippen LogP contribution in [0, 0.1) is 0 Å². The van der Waals surface area contributed by atoms with Gasteiger partial charge >= 0.3 is 0 Å². The molecule has 61 valence electrons. The van der Waals surface area contributed by atoms with Gasteiger partial charge in [-0.2, -0.15) is 0 Å². The molecule has 0 spiro atoms. The Kier molecular flexibility index (Phi) is 1380. The molecule has 0 saturated carbocycles. The minimum Gasteiger partial charge on any atom is -0.0776 e. The van der Waals surface area contributed by atoms with Gasteiger partial charge in [0.05, 0.1) is 0 Å². The minimum absolute atomic E-state index is 0. The van der Waals surface area contributed by atoms with Gasteiger partial charge in [0.1, 0.15) is 0 Å². The second-order valence-electron chi connectivity index (χ2n) is 0. The maximum Gasteiger partial charge on any atom is 0 e. The summed E-state index contributed by atoms with van der Waals surface area (Å²) < 4.78 is 0. The van der Waals surface area contributed by atoms with E-state index in [-0.39, 0.29) is 238 Å². The van der Waals surface area contributed by atoms with E-state index >= 15 is 0 Å². The Morgan fingerprint density at radius 1 is 0.923 bits per heavy atom. The second-order valence-corrected chi connectivity index (χ2v) is 0. The van der Waals surface area contributed by atoms with E-state index in [0.29, 0.717) is 0 Å². The predicted molar refractivity (Wildman–Crippen MR) is 29.7 cm³/mol. The van der Waals surface area contributed by atoms with Crippen molar-refractivity contribution in [3.05, 3.63) is 0 Å². The van der Waals surface area contributed by atoms with Gasteiger partial charge in [0, 0.05) is 231 Å². The smallest absolute Gasteiger partial charge is 0 e. The first-order valence-corrected chi connectivity index (χ1v) is 0. The molecule has 12 heteroatoms. The van der Waals surface area contributed by atoms with E-state index in [0.717, 1.165) is 0 Å². The summed E-state index contributed by atoms with van der Waals surface area (Å²) in [4.78, 5) is 0. The molecule has 0 N–H and O–H groups in total. The van der Waals surface area contributed by atoms with Crippen LogP contribution in [0.3, 0.4) is 0 Å². The van der Waals surface area contributed by atoms with Crippen LogP contribution in [-0.2, 0) is 170 Å². The van der Waals surface area contributed by atoms with Crippen molar-refractivity contribution in [2.75, 3.05) is 0 Å². The van der Waals surface area contributed by atoms with Crippen LogP contribution in [0.1, 0.15) is 7.43 Å². The maximum absolute atomic E-state index is 0. The van der Waals surface area contributed by atoms with Crippen LogP contribution in [0.25, 0.3) is 0 Å². The van der Waals surface area contributed by atoms with Gasteiger partial charge in [0.2, 0.25) is 0 Å². The van der Waals surface area contributed by atoms with Crippen LogP contribution in [0.15, 0.2) is 0 Å². The first-order valence-electron chi connectivity index (χ1n) is 0. The molecule has 0 fully saturated rings. The zero-order valence-electron chi connectivity index (χ0n) is 5.90. The van der Waals surface area contributed by atoms with E-state index in [2.05, 4.69) is 0 Å². The molecule has 0 unspecified atom stereocenters. The Hall–Kier alpha value is 7.14. The van der Waals surface area contributed by atoms with Gasteiger partial charge in [-0.1, -0.05) is 7.43 Å². The topological polar surface area (TPSA) is 0 Å². The third-order valence-corrected chi connectivity index (χ3v) is 0. The molecule has 0 aliphatic carbocycles. The maximum atomic E-state index is 0. The molecule has 0 bridgehead atoms. The molecule has 15 radical (unpaired) electrons. The summed E-state index contributed by atoms with van der Waals surface area (Å²) in [5.74, 6) is 0. The summed E-state index contributed by atoms with van der Waals surface area (Å²) in [6.07, 6.45) is 0. The van der Waals surface area contributed by atoms with Crippen LogP contribution in [0.4, 0.5) is 0 Å². The van der Waals surface area contributed by atoms with E-state index in [1.165, 1.54) is 0 Å². The first kappa shape index (κ1) is 145. The Bertz CT molecular complexity index is 46.1. The quantitative estimate of drug-likeness (QED) is 0.277. The van der Waals surface area contributed by atoms with E-state index in [1.807, 2.05) is 0 Å². The SMILES string of the molecule is C.[B].[Cr].[Cr].[Ge].[Hf].[Mg].[Si].[Ta].[Ti].[V].[W].[Zr]. The van der Waals surface area contributed by atoms with Crippen molar-refractivity contribution in [1.82, 2.24) is 0 Å². The van der Waals surface area contributed by atoms with Gasteiger partial charge in [-0.15, -0.1) is 0 Å². The third kappa shape index (κ3) is 110. The van der Waals surface area contributed by atoms with Crippen molar-refractivity contribution < 1.29 is 170 Å². The van der Waals surface area contributed by atoms with E-state index < -0.39 is 0 Å². The van der Waals surface area contributed by atoms with Crippen molar-refractivity contribution in [1.29, 1.82) is 0 Å². The zero-order valence-corrected chi connectivity index (χ0v) is 28.1. The second kappa shape index (κ2) is 124. The standard InChI is InChI=1S/CH4.B.2Cr.Ge.Hf.Mg.Si.Ta.Ti.V.W.Zr/h1H4;;;;;;;;;;;;. The summed E-state index contributed by atoms with van der Waals surface area (Å²) in [6.45, 7) is 0. The fourth-order valence-electron chi connectivity index (χ4n) is 0. The van der Waals surface area contributed by atoms with Gasteiger partial charge in [0.25, 0.3) is 0 Å². The van der Waals surface area contributed by atoms with Crippen molar-refractivity contribution in [3.63, 3.8) is 0 Å². The molecule has 0 saturated heterocycles. The summed E-state index contributed by atoms with van der Waals surface area (Å²) in [6, 6.07) is 0. The number of hydrogen-bond acceptors (Lipinski definition) is 0. The molecule has 0 aliphatic rings. The van der Waals surface area contributed by atoms with Crippen molar-refractivity contribution in [2.45, 2.75) is 7.43 Å². The van der Waals surface area contributed by atoms with Gasteiger partial charge in [-0.25, -0.2) is 0 Å². The molecule has 0 aromatic rings. The molecule has 0 aromatic carbocycles. The predicted octanol–water partition coefficient (Wildman–Crippen LogP) is -0.907. The first-order chi connectivity index (χ1) is 0. The Morgan fingerprint density at radius 2 is 0.923 bits per heavy atom. The van der Waals surface area contributed by atoms with Crippen LogP contribution >= 0.6 is 0 Å². The van der Waals surface area contributed by atoms with Crippen molar-refractivity contribution in [2.24, 2.45) is 0 Å².